The van der Waals surface area contributed by atoms with Gasteiger partial charge in [0.25, 0.3) is 0 Å². The van der Waals surface area contributed by atoms with Crippen LogP contribution in [0.4, 0.5) is 0 Å². The van der Waals surface area contributed by atoms with E-state index in [0.717, 1.165) is 11.3 Å². The number of nitrogens with zero attached hydrogens (tertiary/aromatic N) is 3. The Labute approximate surface area is 171 Å². The first kappa shape index (κ1) is 19.2. The molecule has 0 amide bonds. The Hall–Kier alpha value is -3.17. The van der Waals surface area contributed by atoms with Gasteiger partial charge in [0.15, 0.2) is 12.2 Å². The zero-order valence-electron chi connectivity index (χ0n) is 15.1. The standard InChI is InChI=1S/C20H15N3O4S2/c24-18(16-9-5-4-8-15(16)17-11-27-13-21-17)10-19-22-23-20(28-19)29(25,26)12-14-6-2-1-3-7-14/h1-9,11,13H,10,12H2. The van der Waals surface area contributed by atoms with Crippen LogP contribution in [-0.2, 0) is 22.0 Å². The molecule has 0 unspecified atom stereocenters. The zero-order chi connectivity index (χ0) is 20.3. The lowest BCUT2D eigenvalue weighted by molar-refractivity contribution is 0.0993. The van der Waals surface area contributed by atoms with Crippen LogP contribution in [-0.4, -0.2) is 29.4 Å². The molecule has 9 heteroatoms. The number of rotatable bonds is 7. The van der Waals surface area contributed by atoms with Crippen LogP contribution in [0, 0.1) is 0 Å². The van der Waals surface area contributed by atoms with Gasteiger partial charge in [-0.25, -0.2) is 13.4 Å². The van der Waals surface area contributed by atoms with E-state index in [1.807, 2.05) is 6.07 Å². The number of oxazole rings is 1. The van der Waals surface area contributed by atoms with Gasteiger partial charge < -0.3 is 4.42 Å². The Balaban J connectivity index is 1.54. The molecule has 2 aromatic carbocycles. The van der Waals surface area contributed by atoms with Crippen molar-refractivity contribution in [3.8, 4) is 11.3 Å². The van der Waals surface area contributed by atoms with Gasteiger partial charge in [0.1, 0.15) is 17.0 Å². The Kier molecular flexibility index (Phi) is 5.32. The molecule has 0 fully saturated rings. The van der Waals surface area contributed by atoms with Gasteiger partial charge in [-0.05, 0) is 5.56 Å². The summed E-state index contributed by atoms with van der Waals surface area (Å²) in [6, 6.07) is 15.9. The maximum absolute atomic E-state index is 12.8. The van der Waals surface area contributed by atoms with Gasteiger partial charge in [-0.15, -0.1) is 10.2 Å². The van der Waals surface area contributed by atoms with Crippen LogP contribution in [0.1, 0.15) is 20.9 Å². The summed E-state index contributed by atoms with van der Waals surface area (Å²) >= 11 is 0.920. The van der Waals surface area contributed by atoms with Crippen LogP contribution in [0.3, 0.4) is 0 Å². The number of carbonyl (C=O) groups is 1. The van der Waals surface area contributed by atoms with Crippen molar-refractivity contribution < 1.29 is 17.6 Å². The molecule has 4 rings (SSSR count). The third kappa shape index (κ3) is 4.30. The number of ketones is 1. The molecular weight excluding hydrogens is 410 g/mol. The molecule has 0 aliphatic carbocycles. The van der Waals surface area contributed by atoms with Crippen molar-refractivity contribution in [3.63, 3.8) is 0 Å². The molecule has 0 aliphatic heterocycles. The Morgan fingerprint density at radius 2 is 1.76 bits per heavy atom. The fraction of sp³-hybridized carbons (Fsp3) is 0.100. The number of carbonyl (C=O) groups excluding carboxylic acids is 1. The highest BCUT2D eigenvalue weighted by Crippen LogP contribution is 2.25. The van der Waals surface area contributed by atoms with Crippen LogP contribution >= 0.6 is 11.3 Å². The van der Waals surface area contributed by atoms with Crippen molar-refractivity contribution >= 4 is 27.0 Å². The number of aromatic nitrogens is 3. The smallest absolute Gasteiger partial charge is 0.232 e. The predicted molar refractivity (Wildman–Crippen MR) is 107 cm³/mol. The predicted octanol–water partition coefficient (Wildman–Crippen LogP) is 3.59. The second-order valence-electron chi connectivity index (χ2n) is 6.23. The number of Topliss-reactive ketones (excluding diaryl/α,β-unsaturated/α-hetero) is 1. The SMILES string of the molecule is O=C(Cc1nnc(S(=O)(=O)Cc2ccccc2)s1)c1ccccc1-c1cocn1. The lowest BCUT2D eigenvalue weighted by Crippen LogP contribution is -2.05. The summed E-state index contributed by atoms with van der Waals surface area (Å²) in [4.78, 5) is 16.9. The highest BCUT2D eigenvalue weighted by atomic mass is 32.2. The molecule has 0 bridgehead atoms. The van der Waals surface area contributed by atoms with Gasteiger partial charge in [-0.2, -0.15) is 0 Å². The highest BCUT2D eigenvalue weighted by molar-refractivity contribution is 7.92. The van der Waals surface area contributed by atoms with E-state index in [1.54, 1.807) is 48.5 Å². The Bertz CT molecular complexity index is 1230. The molecule has 4 aromatic rings. The highest BCUT2D eigenvalue weighted by Gasteiger charge is 2.23. The summed E-state index contributed by atoms with van der Waals surface area (Å²) in [7, 11) is -3.63. The van der Waals surface area contributed by atoms with E-state index in [1.165, 1.54) is 12.7 Å². The van der Waals surface area contributed by atoms with E-state index < -0.39 is 9.84 Å². The molecule has 0 aliphatic rings. The molecule has 0 N–H and O–H groups in total. The van der Waals surface area contributed by atoms with E-state index in [9.17, 15) is 13.2 Å². The van der Waals surface area contributed by atoms with Crippen LogP contribution in [0.5, 0.6) is 0 Å². The average molecular weight is 425 g/mol. The summed E-state index contributed by atoms with van der Waals surface area (Å²) in [5.74, 6) is -0.363. The van der Waals surface area contributed by atoms with Crippen LogP contribution < -0.4 is 0 Å². The minimum Gasteiger partial charge on any atom is -0.451 e. The van der Waals surface area contributed by atoms with Gasteiger partial charge in [-0.3, -0.25) is 4.79 Å². The maximum Gasteiger partial charge on any atom is 0.232 e. The molecule has 2 heterocycles. The van der Waals surface area contributed by atoms with Crippen molar-refractivity contribution in [3.05, 3.63) is 83.4 Å². The van der Waals surface area contributed by atoms with Gasteiger partial charge in [0.05, 0.1) is 12.2 Å². The normalized spacial score (nSPS) is 11.4. The molecule has 146 valence electrons. The van der Waals surface area contributed by atoms with Crippen molar-refractivity contribution in [1.29, 1.82) is 0 Å². The quantitative estimate of drug-likeness (QED) is 0.417. The molecule has 0 radical (unpaired) electrons. The van der Waals surface area contributed by atoms with Crippen molar-refractivity contribution in [2.75, 3.05) is 0 Å². The minimum absolute atomic E-state index is 0.0482. The largest absolute Gasteiger partial charge is 0.451 e. The van der Waals surface area contributed by atoms with Crippen LogP contribution in [0.2, 0.25) is 0 Å². The fourth-order valence-electron chi connectivity index (χ4n) is 2.82. The van der Waals surface area contributed by atoms with E-state index >= 15 is 0 Å². The molecule has 29 heavy (non-hydrogen) atoms. The van der Waals surface area contributed by atoms with E-state index in [2.05, 4.69) is 15.2 Å². The third-order valence-corrected chi connectivity index (χ3v) is 7.22. The van der Waals surface area contributed by atoms with Gasteiger partial charge in [-0.1, -0.05) is 65.9 Å². The van der Waals surface area contributed by atoms with Crippen molar-refractivity contribution in [1.82, 2.24) is 15.2 Å². The van der Waals surface area contributed by atoms with E-state index in [-0.39, 0.29) is 22.3 Å². The summed E-state index contributed by atoms with van der Waals surface area (Å²) in [6.45, 7) is 0. The van der Waals surface area contributed by atoms with Crippen LogP contribution in [0.25, 0.3) is 11.3 Å². The number of sulfone groups is 1. The first-order chi connectivity index (χ1) is 14.0. The number of hydrogen-bond donors (Lipinski definition) is 0. The van der Waals surface area contributed by atoms with E-state index in [4.69, 9.17) is 4.42 Å². The second-order valence-corrected chi connectivity index (χ2v) is 9.45. The molecule has 7 nitrogen and oxygen atoms in total. The Morgan fingerprint density at radius 3 is 2.52 bits per heavy atom. The minimum atomic E-state index is -3.63. The molecular formula is C20H15N3O4S2. The lowest BCUT2D eigenvalue weighted by Gasteiger charge is -2.04. The monoisotopic (exact) mass is 425 g/mol. The summed E-state index contributed by atoms with van der Waals surface area (Å²) in [5, 5.41) is 8.06. The fourth-order valence-corrected chi connectivity index (χ4v) is 5.28. The van der Waals surface area contributed by atoms with Gasteiger partial charge >= 0.3 is 0 Å². The van der Waals surface area contributed by atoms with Crippen molar-refractivity contribution in [2.24, 2.45) is 0 Å². The van der Waals surface area contributed by atoms with E-state index in [0.29, 0.717) is 27.4 Å². The molecule has 0 saturated heterocycles. The zero-order valence-corrected chi connectivity index (χ0v) is 16.7. The van der Waals surface area contributed by atoms with Crippen molar-refractivity contribution in [2.45, 2.75) is 16.5 Å². The Morgan fingerprint density at radius 1 is 1.00 bits per heavy atom. The second kappa shape index (κ2) is 8.06. The first-order valence-electron chi connectivity index (χ1n) is 8.63. The molecule has 2 aromatic heterocycles. The molecule has 0 atom stereocenters. The van der Waals surface area contributed by atoms with Crippen LogP contribution in [0.15, 0.2) is 76.0 Å². The average Bonchev–Trinajstić information content (AvgIpc) is 3.41. The van der Waals surface area contributed by atoms with Gasteiger partial charge in [0.2, 0.25) is 14.2 Å². The molecule has 0 saturated carbocycles. The maximum atomic E-state index is 12.8. The summed E-state index contributed by atoms with van der Waals surface area (Å²) in [5.41, 5.74) is 2.33. The number of hydrogen-bond acceptors (Lipinski definition) is 8. The molecule has 0 spiro atoms. The summed E-state index contributed by atoms with van der Waals surface area (Å²) in [6.07, 6.45) is 2.71. The number of benzene rings is 2. The topological polar surface area (TPSA) is 103 Å². The first-order valence-corrected chi connectivity index (χ1v) is 11.1. The lowest BCUT2D eigenvalue weighted by atomic mass is 10.00. The summed E-state index contributed by atoms with van der Waals surface area (Å²) < 4.78 is 30.1. The third-order valence-electron chi connectivity index (χ3n) is 4.16. The van der Waals surface area contributed by atoms with Gasteiger partial charge in [0, 0.05) is 11.1 Å².